The van der Waals surface area contributed by atoms with Gasteiger partial charge in [0.25, 0.3) is 0 Å². The molecular weight excluding hydrogens is 276 g/mol. The van der Waals surface area contributed by atoms with Crippen LogP contribution in [-0.4, -0.2) is 24.7 Å². The van der Waals surface area contributed by atoms with Gasteiger partial charge in [0, 0.05) is 17.0 Å². The summed E-state index contributed by atoms with van der Waals surface area (Å²) in [6.07, 6.45) is 1.75. The summed E-state index contributed by atoms with van der Waals surface area (Å²) in [6, 6.07) is 3.94. The maximum atomic E-state index is 9.75. The molecule has 3 aromatic rings. The standard InChI is InChI=1S/C17H22N4O/c1-16(2,3)11-9-10-12(18-13(11)17(4,5)6)7-8-21-14(10)19-20-15(21)22/h7-9H,1-6H3,(H,20,22). The molecule has 3 aromatic heterocycles. The first-order valence-electron chi connectivity index (χ1n) is 7.47. The van der Waals surface area contributed by atoms with E-state index in [9.17, 15) is 5.11 Å². The molecule has 0 unspecified atom stereocenters. The van der Waals surface area contributed by atoms with Crippen molar-refractivity contribution in [3.63, 3.8) is 0 Å². The van der Waals surface area contributed by atoms with Crippen LogP contribution in [0.15, 0.2) is 18.3 Å². The van der Waals surface area contributed by atoms with Crippen molar-refractivity contribution in [2.75, 3.05) is 0 Å². The molecule has 0 aliphatic carbocycles. The van der Waals surface area contributed by atoms with Crippen LogP contribution in [0, 0.1) is 0 Å². The molecule has 0 radical (unpaired) electrons. The van der Waals surface area contributed by atoms with Crippen molar-refractivity contribution in [1.29, 1.82) is 0 Å². The second-order valence-corrected chi connectivity index (χ2v) is 7.83. The van der Waals surface area contributed by atoms with Crippen LogP contribution >= 0.6 is 0 Å². The highest BCUT2D eigenvalue weighted by Gasteiger charge is 2.27. The Morgan fingerprint density at radius 2 is 1.68 bits per heavy atom. The van der Waals surface area contributed by atoms with Gasteiger partial charge >= 0.3 is 6.01 Å². The predicted molar refractivity (Wildman–Crippen MR) is 87.4 cm³/mol. The summed E-state index contributed by atoms with van der Waals surface area (Å²) >= 11 is 0. The number of fused-ring (bicyclic) bond motifs is 3. The number of pyridine rings is 2. The summed E-state index contributed by atoms with van der Waals surface area (Å²) in [7, 11) is 0. The Hall–Kier alpha value is -2.17. The van der Waals surface area contributed by atoms with Gasteiger partial charge in [-0.05, 0) is 23.1 Å². The van der Waals surface area contributed by atoms with E-state index in [1.165, 1.54) is 5.56 Å². The third-order valence-corrected chi connectivity index (χ3v) is 3.87. The van der Waals surface area contributed by atoms with Gasteiger partial charge in [-0.3, -0.25) is 9.38 Å². The third kappa shape index (κ3) is 2.21. The van der Waals surface area contributed by atoms with Gasteiger partial charge in [-0.2, -0.15) is 0 Å². The molecule has 5 nitrogen and oxygen atoms in total. The largest absolute Gasteiger partial charge is 0.479 e. The average Bonchev–Trinajstić information content (AvgIpc) is 2.77. The summed E-state index contributed by atoms with van der Waals surface area (Å²) in [5.74, 6) is 0. The minimum absolute atomic E-state index is 0.0291. The van der Waals surface area contributed by atoms with Gasteiger partial charge in [0.2, 0.25) is 0 Å². The monoisotopic (exact) mass is 298 g/mol. The summed E-state index contributed by atoms with van der Waals surface area (Å²) < 4.78 is 1.58. The number of hydrogen-bond acceptors (Lipinski definition) is 4. The lowest BCUT2D eigenvalue weighted by Gasteiger charge is -2.29. The zero-order valence-corrected chi connectivity index (χ0v) is 14.0. The van der Waals surface area contributed by atoms with Gasteiger partial charge in [-0.25, -0.2) is 0 Å². The highest BCUT2D eigenvalue weighted by Crippen LogP contribution is 2.35. The number of rotatable bonds is 0. The Labute approximate surface area is 130 Å². The molecule has 3 rings (SSSR count). The van der Waals surface area contributed by atoms with Crippen molar-refractivity contribution in [2.45, 2.75) is 52.4 Å². The lowest BCUT2D eigenvalue weighted by Crippen LogP contribution is -2.23. The van der Waals surface area contributed by atoms with Crippen LogP contribution in [0.1, 0.15) is 52.8 Å². The Kier molecular flexibility index (Phi) is 2.96. The Morgan fingerprint density at radius 1 is 1.00 bits per heavy atom. The van der Waals surface area contributed by atoms with E-state index < -0.39 is 0 Å². The summed E-state index contributed by atoms with van der Waals surface area (Å²) in [5.41, 5.74) is 3.73. The Bertz CT molecular complexity index is 866. The molecule has 0 aliphatic heterocycles. The van der Waals surface area contributed by atoms with Crippen molar-refractivity contribution in [1.82, 2.24) is 19.6 Å². The number of aromatic hydroxyl groups is 1. The molecule has 0 saturated heterocycles. The molecule has 22 heavy (non-hydrogen) atoms. The maximum absolute atomic E-state index is 9.75. The van der Waals surface area contributed by atoms with E-state index in [1.54, 1.807) is 10.6 Å². The molecule has 0 spiro atoms. The highest BCUT2D eigenvalue weighted by atomic mass is 16.3. The predicted octanol–water partition coefficient (Wildman–Crippen LogP) is 3.58. The Morgan fingerprint density at radius 3 is 2.27 bits per heavy atom. The van der Waals surface area contributed by atoms with Crippen molar-refractivity contribution < 1.29 is 5.11 Å². The lowest BCUT2D eigenvalue weighted by molar-refractivity contribution is 0.425. The zero-order chi connectivity index (χ0) is 16.3. The van der Waals surface area contributed by atoms with Gasteiger partial charge in [0.1, 0.15) is 0 Å². The maximum Gasteiger partial charge on any atom is 0.319 e. The minimum atomic E-state index is -0.103. The summed E-state index contributed by atoms with van der Waals surface area (Å²) in [4.78, 5) is 4.91. The van der Waals surface area contributed by atoms with E-state index in [2.05, 4.69) is 57.8 Å². The van der Waals surface area contributed by atoms with Crippen molar-refractivity contribution in [2.24, 2.45) is 0 Å². The van der Waals surface area contributed by atoms with E-state index in [0.29, 0.717) is 5.65 Å². The average molecular weight is 298 g/mol. The number of nitrogens with zero attached hydrogens (tertiary/aromatic N) is 4. The molecule has 0 saturated carbocycles. The lowest BCUT2D eigenvalue weighted by atomic mass is 9.78. The first-order chi connectivity index (χ1) is 10.1. The smallest absolute Gasteiger partial charge is 0.319 e. The highest BCUT2D eigenvalue weighted by molar-refractivity contribution is 5.92. The van der Waals surface area contributed by atoms with E-state index in [1.807, 2.05) is 6.07 Å². The molecule has 5 heteroatoms. The van der Waals surface area contributed by atoms with Crippen LogP contribution in [0.3, 0.4) is 0 Å². The van der Waals surface area contributed by atoms with E-state index in [-0.39, 0.29) is 16.8 Å². The van der Waals surface area contributed by atoms with Crippen molar-refractivity contribution in [3.8, 4) is 6.01 Å². The molecule has 0 aromatic carbocycles. The fourth-order valence-electron chi connectivity index (χ4n) is 2.73. The SMILES string of the molecule is CC(C)(C)c1cc2c(ccn3c(O)nnc23)nc1C(C)(C)C. The minimum Gasteiger partial charge on any atom is -0.479 e. The number of hydrogen-bond donors (Lipinski definition) is 1. The van der Waals surface area contributed by atoms with Gasteiger partial charge in [-0.15, -0.1) is 5.10 Å². The third-order valence-electron chi connectivity index (χ3n) is 3.87. The summed E-state index contributed by atoms with van der Waals surface area (Å²) in [6.45, 7) is 13.1. The van der Waals surface area contributed by atoms with E-state index >= 15 is 0 Å². The molecule has 0 atom stereocenters. The first-order valence-corrected chi connectivity index (χ1v) is 7.47. The second kappa shape index (κ2) is 4.41. The van der Waals surface area contributed by atoms with Crippen LogP contribution in [0.5, 0.6) is 6.01 Å². The van der Waals surface area contributed by atoms with E-state index in [0.717, 1.165) is 16.6 Å². The normalized spacial score (nSPS) is 13.2. The van der Waals surface area contributed by atoms with Crippen LogP contribution < -0.4 is 0 Å². The van der Waals surface area contributed by atoms with Crippen LogP contribution in [0.25, 0.3) is 16.6 Å². The van der Waals surface area contributed by atoms with Crippen molar-refractivity contribution in [3.05, 3.63) is 29.6 Å². The summed E-state index contributed by atoms with van der Waals surface area (Å²) in [5, 5.41) is 18.5. The van der Waals surface area contributed by atoms with Gasteiger partial charge in [0.15, 0.2) is 5.65 Å². The molecule has 0 aliphatic rings. The second-order valence-electron chi connectivity index (χ2n) is 7.83. The molecule has 0 fully saturated rings. The molecule has 0 bridgehead atoms. The van der Waals surface area contributed by atoms with Crippen molar-refractivity contribution >= 4 is 16.6 Å². The fourth-order valence-corrected chi connectivity index (χ4v) is 2.73. The Balaban J connectivity index is 2.45. The van der Waals surface area contributed by atoms with Gasteiger partial charge < -0.3 is 5.11 Å². The molecule has 1 N–H and O–H groups in total. The topological polar surface area (TPSA) is 63.3 Å². The molecular formula is C17H22N4O. The number of aromatic nitrogens is 4. The molecule has 3 heterocycles. The molecule has 116 valence electrons. The molecule has 0 amide bonds. The van der Waals surface area contributed by atoms with Gasteiger partial charge in [-0.1, -0.05) is 46.6 Å². The van der Waals surface area contributed by atoms with Crippen LogP contribution in [0.4, 0.5) is 0 Å². The van der Waals surface area contributed by atoms with Crippen LogP contribution in [0.2, 0.25) is 0 Å². The fraction of sp³-hybridized carbons (Fsp3) is 0.471. The van der Waals surface area contributed by atoms with Crippen LogP contribution in [-0.2, 0) is 10.8 Å². The quantitative estimate of drug-likeness (QED) is 0.689. The van der Waals surface area contributed by atoms with Gasteiger partial charge in [0.05, 0.1) is 11.2 Å². The zero-order valence-electron chi connectivity index (χ0n) is 14.0. The van der Waals surface area contributed by atoms with E-state index in [4.69, 9.17) is 4.98 Å². The first kappa shape index (κ1) is 14.8.